The van der Waals surface area contributed by atoms with Crippen molar-refractivity contribution < 1.29 is 0 Å². The van der Waals surface area contributed by atoms with Crippen molar-refractivity contribution in [1.29, 1.82) is 0 Å². The van der Waals surface area contributed by atoms with E-state index in [1.807, 2.05) is 0 Å². The maximum Gasteiger partial charge on any atom is 0.0234 e. The van der Waals surface area contributed by atoms with Gasteiger partial charge in [-0.1, -0.05) is 37.6 Å². The molecule has 0 aromatic heterocycles. The van der Waals surface area contributed by atoms with Gasteiger partial charge in [0.1, 0.15) is 0 Å². The average molecular weight is 355 g/mol. The fraction of sp³-hybridized carbons (Fsp3) is 0.750. The van der Waals surface area contributed by atoms with Gasteiger partial charge < -0.3 is 0 Å². The number of benzene rings is 1. The van der Waals surface area contributed by atoms with Crippen LogP contribution in [0.5, 0.6) is 0 Å². The van der Waals surface area contributed by atoms with Crippen LogP contribution >= 0.6 is 0 Å². The third-order valence-corrected chi connectivity index (χ3v) is 6.27. The topological polar surface area (TPSA) is 6.48 Å². The minimum Gasteiger partial charge on any atom is -0.299 e. The lowest BCUT2D eigenvalue weighted by atomic mass is 10.1. The van der Waals surface area contributed by atoms with Crippen molar-refractivity contribution in [3.63, 3.8) is 0 Å². The van der Waals surface area contributed by atoms with Crippen LogP contribution in [-0.2, 0) is 13.1 Å². The van der Waals surface area contributed by atoms with E-state index in [4.69, 9.17) is 0 Å². The van der Waals surface area contributed by atoms with Gasteiger partial charge in [-0.05, 0) is 80.4 Å². The Bertz CT molecular complexity index is 543. The second kappa shape index (κ2) is 8.89. The highest BCUT2D eigenvalue weighted by Crippen LogP contribution is 2.34. The van der Waals surface area contributed by atoms with Crippen LogP contribution in [-0.4, -0.2) is 36.0 Å². The quantitative estimate of drug-likeness (QED) is 0.473. The van der Waals surface area contributed by atoms with Crippen molar-refractivity contribution in [3.05, 3.63) is 35.4 Å². The van der Waals surface area contributed by atoms with E-state index in [1.54, 1.807) is 0 Å². The molecule has 3 saturated carbocycles. The molecule has 4 rings (SSSR count). The number of rotatable bonds is 13. The summed E-state index contributed by atoms with van der Waals surface area (Å²) >= 11 is 0. The highest BCUT2D eigenvalue weighted by molar-refractivity contribution is 5.23. The Morgan fingerprint density at radius 1 is 0.769 bits per heavy atom. The zero-order valence-electron chi connectivity index (χ0n) is 16.8. The molecule has 0 amide bonds. The van der Waals surface area contributed by atoms with Gasteiger partial charge in [0.15, 0.2) is 0 Å². The van der Waals surface area contributed by atoms with E-state index >= 15 is 0 Å². The minimum absolute atomic E-state index is 0.989. The third kappa shape index (κ3) is 6.39. The van der Waals surface area contributed by atoms with Crippen molar-refractivity contribution in [2.45, 2.75) is 71.4 Å². The molecule has 0 atom stereocenters. The summed E-state index contributed by atoms with van der Waals surface area (Å²) in [6, 6.07) is 9.50. The molecule has 2 nitrogen and oxygen atoms in total. The summed E-state index contributed by atoms with van der Waals surface area (Å²) in [6.45, 7) is 9.89. The molecule has 0 saturated heterocycles. The van der Waals surface area contributed by atoms with Gasteiger partial charge in [-0.2, -0.15) is 0 Å². The Morgan fingerprint density at radius 2 is 1.27 bits per heavy atom. The molecule has 3 aliphatic carbocycles. The van der Waals surface area contributed by atoms with Crippen LogP contribution in [0.15, 0.2) is 24.3 Å². The van der Waals surface area contributed by atoms with Gasteiger partial charge in [0.05, 0.1) is 0 Å². The first-order valence-corrected chi connectivity index (χ1v) is 11.3. The lowest BCUT2D eigenvalue weighted by Gasteiger charge is -2.24. The Morgan fingerprint density at radius 3 is 1.77 bits per heavy atom. The lowest BCUT2D eigenvalue weighted by molar-refractivity contribution is 0.242. The molecule has 3 fully saturated rings. The van der Waals surface area contributed by atoms with Crippen LogP contribution in [0.1, 0.15) is 69.4 Å². The summed E-state index contributed by atoms with van der Waals surface area (Å²) < 4.78 is 0. The summed E-state index contributed by atoms with van der Waals surface area (Å²) in [6.07, 6.45) is 11.4. The normalized spacial score (nSPS) is 20.3. The van der Waals surface area contributed by atoms with E-state index in [2.05, 4.69) is 41.0 Å². The molecule has 144 valence electrons. The fourth-order valence-corrected chi connectivity index (χ4v) is 4.16. The van der Waals surface area contributed by atoms with Crippen LogP contribution in [0.3, 0.4) is 0 Å². The maximum atomic E-state index is 2.76. The molecular weight excluding hydrogens is 316 g/mol. The third-order valence-electron chi connectivity index (χ3n) is 6.27. The molecular formula is C24H38N2. The Kier molecular flexibility index (Phi) is 6.32. The molecule has 2 heteroatoms. The number of nitrogens with zero attached hydrogens (tertiary/aromatic N) is 2. The standard InChI is InChI=1S/C24H38N2/c1-2-3-13-25(15-20-7-8-20)18-23-5-4-6-24(14-23)19-26(16-21-9-10-21)17-22-11-12-22/h4-6,14,20-22H,2-3,7-13,15-19H2,1H3. The van der Waals surface area contributed by atoms with E-state index < -0.39 is 0 Å². The van der Waals surface area contributed by atoms with Gasteiger partial charge in [-0.25, -0.2) is 0 Å². The Hall–Kier alpha value is -0.860. The van der Waals surface area contributed by atoms with Crippen molar-refractivity contribution >= 4 is 0 Å². The van der Waals surface area contributed by atoms with E-state index in [9.17, 15) is 0 Å². The van der Waals surface area contributed by atoms with Crippen LogP contribution in [0.2, 0.25) is 0 Å². The predicted molar refractivity (Wildman–Crippen MR) is 110 cm³/mol. The Labute approximate surface area is 161 Å². The van der Waals surface area contributed by atoms with Gasteiger partial charge >= 0.3 is 0 Å². The molecule has 0 bridgehead atoms. The van der Waals surface area contributed by atoms with Crippen LogP contribution in [0, 0.1) is 17.8 Å². The van der Waals surface area contributed by atoms with Crippen molar-refractivity contribution in [2.75, 3.05) is 26.2 Å². The first-order chi connectivity index (χ1) is 12.8. The molecule has 26 heavy (non-hydrogen) atoms. The van der Waals surface area contributed by atoms with Gasteiger partial charge in [0.25, 0.3) is 0 Å². The van der Waals surface area contributed by atoms with Gasteiger partial charge in [-0.3, -0.25) is 9.80 Å². The minimum atomic E-state index is 0.989. The molecule has 0 N–H and O–H groups in total. The fourth-order valence-electron chi connectivity index (χ4n) is 4.16. The summed E-state index contributed by atoms with van der Waals surface area (Å²) in [5.74, 6) is 2.99. The molecule has 0 aliphatic heterocycles. The summed E-state index contributed by atoms with van der Waals surface area (Å²) in [4.78, 5) is 5.47. The first-order valence-electron chi connectivity index (χ1n) is 11.3. The Balaban J connectivity index is 1.34. The second-order valence-electron chi connectivity index (χ2n) is 9.43. The average Bonchev–Trinajstić information content (AvgIpc) is 3.45. The van der Waals surface area contributed by atoms with Crippen LogP contribution < -0.4 is 0 Å². The SMILES string of the molecule is CCCCN(Cc1cccc(CN(CC2CC2)CC2CC2)c1)CC1CC1. The van der Waals surface area contributed by atoms with E-state index in [0.717, 1.165) is 24.3 Å². The maximum absolute atomic E-state index is 2.76. The molecule has 0 spiro atoms. The molecule has 0 unspecified atom stereocenters. The van der Waals surface area contributed by atoms with Gasteiger partial charge in [0, 0.05) is 32.7 Å². The second-order valence-corrected chi connectivity index (χ2v) is 9.43. The van der Waals surface area contributed by atoms with Crippen molar-refractivity contribution in [2.24, 2.45) is 17.8 Å². The zero-order valence-corrected chi connectivity index (χ0v) is 16.8. The zero-order chi connectivity index (χ0) is 17.8. The van der Waals surface area contributed by atoms with Gasteiger partial charge in [-0.15, -0.1) is 0 Å². The number of hydrogen-bond donors (Lipinski definition) is 0. The lowest BCUT2D eigenvalue weighted by Crippen LogP contribution is -2.28. The smallest absolute Gasteiger partial charge is 0.0234 e. The monoisotopic (exact) mass is 354 g/mol. The van der Waals surface area contributed by atoms with Gasteiger partial charge in [0.2, 0.25) is 0 Å². The summed E-state index contributed by atoms with van der Waals surface area (Å²) in [5.41, 5.74) is 3.06. The molecule has 0 radical (unpaired) electrons. The molecule has 1 aromatic rings. The molecule has 3 aliphatic rings. The molecule has 1 aromatic carbocycles. The predicted octanol–water partition coefficient (Wildman–Crippen LogP) is 5.32. The largest absolute Gasteiger partial charge is 0.299 e. The van der Waals surface area contributed by atoms with E-state index in [-0.39, 0.29) is 0 Å². The summed E-state index contributed by atoms with van der Waals surface area (Å²) in [7, 11) is 0. The highest BCUT2D eigenvalue weighted by Gasteiger charge is 2.29. The van der Waals surface area contributed by atoms with E-state index in [1.165, 1.54) is 95.2 Å². The first kappa shape index (κ1) is 18.5. The van der Waals surface area contributed by atoms with Crippen LogP contribution in [0.4, 0.5) is 0 Å². The van der Waals surface area contributed by atoms with E-state index in [0.29, 0.717) is 0 Å². The van der Waals surface area contributed by atoms with Crippen molar-refractivity contribution in [3.8, 4) is 0 Å². The van der Waals surface area contributed by atoms with Crippen molar-refractivity contribution in [1.82, 2.24) is 9.80 Å². The summed E-state index contributed by atoms with van der Waals surface area (Å²) in [5, 5.41) is 0. The number of unbranched alkanes of at least 4 members (excludes halogenated alkanes) is 1. The molecule has 0 heterocycles. The number of hydrogen-bond acceptors (Lipinski definition) is 2. The highest BCUT2D eigenvalue weighted by atomic mass is 15.1. The van der Waals surface area contributed by atoms with Crippen LogP contribution in [0.25, 0.3) is 0 Å².